The molecule has 2 N–H and O–H groups in total. The normalized spacial score (nSPS) is 22.8. The third kappa shape index (κ3) is 2.97. The lowest BCUT2D eigenvalue weighted by Crippen LogP contribution is -2.31. The van der Waals surface area contributed by atoms with Crippen molar-refractivity contribution in [2.24, 2.45) is 0 Å². The Morgan fingerprint density at radius 3 is 2.95 bits per heavy atom. The Morgan fingerprint density at radius 1 is 1.37 bits per heavy atom. The molecule has 0 aromatic carbocycles. The zero-order valence-corrected chi connectivity index (χ0v) is 11.5. The van der Waals surface area contributed by atoms with E-state index in [1.807, 2.05) is 6.92 Å². The molecule has 1 saturated carbocycles. The van der Waals surface area contributed by atoms with E-state index in [1.54, 1.807) is 0 Å². The van der Waals surface area contributed by atoms with Gasteiger partial charge in [0.2, 0.25) is 0 Å². The van der Waals surface area contributed by atoms with Crippen LogP contribution in [0.4, 0.5) is 11.6 Å². The molecule has 1 aromatic rings. The molecular weight excluding hydrogens is 240 g/mol. The molecule has 2 aliphatic rings. The van der Waals surface area contributed by atoms with Gasteiger partial charge in [-0.3, -0.25) is 0 Å². The Hall–Kier alpha value is -1.36. The number of aromatic nitrogens is 2. The molecule has 104 valence electrons. The Bertz CT molecular complexity index is 447. The number of aliphatic hydroxyl groups excluding tert-OH is 1. The molecule has 1 saturated heterocycles. The zero-order chi connectivity index (χ0) is 13.2. The fourth-order valence-electron chi connectivity index (χ4n) is 2.80. The molecule has 1 unspecified atom stereocenters. The number of hydrogen-bond donors (Lipinski definition) is 2. The number of rotatable bonds is 5. The van der Waals surface area contributed by atoms with E-state index in [-0.39, 0.29) is 6.61 Å². The van der Waals surface area contributed by atoms with Crippen LogP contribution < -0.4 is 10.2 Å². The van der Waals surface area contributed by atoms with Crippen LogP contribution >= 0.6 is 0 Å². The van der Waals surface area contributed by atoms with Crippen molar-refractivity contribution in [3.63, 3.8) is 0 Å². The maximum absolute atomic E-state index is 9.16. The van der Waals surface area contributed by atoms with Crippen molar-refractivity contribution in [1.29, 1.82) is 0 Å². The van der Waals surface area contributed by atoms with Crippen LogP contribution in [0.15, 0.2) is 6.07 Å². The molecular formula is C14H22N4O. The number of nitrogens with zero attached hydrogens (tertiary/aromatic N) is 3. The second-order valence-electron chi connectivity index (χ2n) is 5.58. The van der Waals surface area contributed by atoms with Gasteiger partial charge in [0, 0.05) is 31.3 Å². The van der Waals surface area contributed by atoms with E-state index in [0.717, 1.165) is 36.8 Å². The SMILES string of the molecule is Cc1nc(NC2CC2)cc(N2CCCC2CCO)n1. The van der Waals surface area contributed by atoms with Crippen molar-refractivity contribution >= 4 is 11.6 Å². The number of anilines is 2. The highest BCUT2D eigenvalue weighted by molar-refractivity contribution is 5.51. The lowest BCUT2D eigenvalue weighted by atomic mass is 10.1. The van der Waals surface area contributed by atoms with Gasteiger partial charge in [-0.15, -0.1) is 0 Å². The summed E-state index contributed by atoms with van der Waals surface area (Å²) in [6.45, 7) is 3.22. The molecule has 0 spiro atoms. The Kier molecular flexibility index (Phi) is 3.55. The largest absolute Gasteiger partial charge is 0.396 e. The van der Waals surface area contributed by atoms with Crippen LogP contribution in [0, 0.1) is 6.92 Å². The van der Waals surface area contributed by atoms with Gasteiger partial charge in [-0.2, -0.15) is 0 Å². The van der Waals surface area contributed by atoms with Gasteiger partial charge in [0.25, 0.3) is 0 Å². The minimum Gasteiger partial charge on any atom is -0.396 e. The number of hydrogen-bond acceptors (Lipinski definition) is 5. The molecule has 19 heavy (non-hydrogen) atoms. The maximum Gasteiger partial charge on any atom is 0.134 e. The molecule has 1 atom stereocenters. The average Bonchev–Trinajstić information content (AvgIpc) is 3.05. The fourth-order valence-corrected chi connectivity index (χ4v) is 2.80. The highest BCUT2D eigenvalue weighted by atomic mass is 16.3. The molecule has 5 heteroatoms. The average molecular weight is 262 g/mol. The number of aryl methyl sites for hydroxylation is 1. The summed E-state index contributed by atoms with van der Waals surface area (Å²) in [5.41, 5.74) is 0. The fraction of sp³-hybridized carbons (Fsp3) is 0.714. The van der Waals surface area contributed by atoms with Crippen LogP contribution in [0.25, 0.3) is 0 Å². The summed E-state index contributed by atoms with van der Waals surface area (Å²) in [5.74, 6) is 2.77. The Balaban J connectivity index is 1.80. The molecule has 0 amide bonds. The molecule has 1 aromatic heterocycles. The molecule has 1 aliphatic carbocycles. The van der Waals surface area contributed by atoms with E-state index in [2.05, 4.69) is 26.3 Å². The summed E-state index contributed by atoms with van der Waals surface area (Å²) < 4.78 is 0. The van der Waals surface area contributed by atoms with Crippen molar-refractivity contribution in [3.05, 3.63) is 11.9 Å². The van der Waals surface area contributed by atoms with Gasteiger partial charge in [-0.1, -0.05) is 0 Å². The van der Waals surface area contributed by atoms with Crippen LogP contribution in [-0.2, 0) is 0 Å². The standard InChI is InChI=1S/C14H22N4O/c1-10-15-13(17-11-4-5-11)9-14(16-10)18-7-2-3-12(18)6-8-19/h9,11-12,19H,2-8H2,1H3,(H,15,16,17). The van der Waals surface area contributed by atoms with Crippen LogP contribution in [-0.4, -0.2) is 40.3 Å². The van der Waals surface area contributed by atoms with E-state index >= 15 is 0 Å². The van der Waals surface area contributed by atoms with Gasteiger partial charge in [-0.05, 0) is 39.0 Å². The van der Waals surface area contributed by atoms with Crippen molar-refractivity contribution in [2.45, 2.75) is 51.1 Å². The second kappa shape index (κ2) is 5.33. The number of aliphatic hydroxyl groups is 1. The summed E-state index contributed by atoms with van der Waals surface area (Å²) in [7, 11) is 0. The van der Waals surface area contributed by atoms with Crippen LogP contribution in [0.2, 0.25) is 0 Å². The van der Waals surface area contributed by atoms with E-state index in [1.165, 1.54) is 19.3 Å². The zero-order valence-electron chi connectivity index (χ0n) is 11.5. The first-order valence-corrected chi connectivity index (χ1v) is 7.26. The first kappa shape index (κ1) is 12.7. The molecule has 5 nitrogen and oxygen atoms in total. The minimum atomic E-state index is 0.248. The van der Waals surface area contributed by atoms with Crippen molar-refractivity contribution < 1.29 is 5.11 Å². The topological polar surface area (TPSA) is 61.3 Å². The van der Waals surface area contributed by atoms with Gasteiger partial charge < -0.3 is 15.3 Å². The van der Waals surface area contributed by atoms with E-state index in [0.29, 0.717) is 12.1 Å². The summed E-state index contributed by atoms with van der Waals surface area (Å²) in [4.78, 5) is 11.3. The molecule has 0 radical (unpaired) electrons. The second-order valence-corrected chi connectivity index (χ2v) is 5.58. The molecule has 2 heterocycles. The lowest BCUT2D eigenvalue weighted by Gasteiger charge is -2.25. The lowest BCUT2D eigenvalue weighted by molar-refractivity contribution is 0.275. The van der Waals surface area contributed by atoms with Crippen LogP contribution in [0.3, 0.4) is 0 Å². The predicted octanol–water partition coefficient (Wildman–Crippen LogP) is 1.71. The summed E-state index contributed by atoms with van der Waals surface area (Å²) in [6, 6.07) is 3.09. The summed E-state index contributed by atoms with van der Waals surface area (Å²) >= 11 is 0. The third-order valence-electron chi connectivity index (χ3n) is 3.89. The van der Waals surface area contributed by atoms with E-state index in [4.69, 9.17) is 5.11 Å². The Labute approximate surface area is 114 Å². The maximum atomic E-state index is 9.16. The van der Waals surface area contributed by atoms with Gasteiger partial charge in [-0.25, -0.2) is 9.97 Å². The first-order chi connectivity index (χ1) is 9.26. The summed E-state index contributed by atoms with van der Waals surface area (Å²) in [6.07, 6.45) is 5.65. The Morgan fingerprint density at radius 2 is 2.21 bits per heavy atom. The van der Waals surface area contributed by atoms with Gasteiger partial charge in [0.05, 0.1) is 0 Å². The first-order valence-electron chi connectivity index (χ1n) is 7.26. The third-order valence-corrected chi connectivity index (χ3v) is 3.89. The van der Waals surface area contributed by atoms with Crippen LogP contribution in [0.5, 0.6) is 0 Å². The highest BCUT2D eigenvalue weighted by Gasteiger charge is 2.26. The predicted molar refractivity (Wildman–Crippen MR) is 75.5 cm³/mol. The van der Waals surface area contributed by atoms with Gasteiger partial charge >= 0.3 is 0 Å². The van der Waals surface area contributed by atoms with E-state index in [9.17, 15) is 0 Å². The molecule has 1 aliphatic heterocycles. The smallest absolute Gasteiger partial charge is 0.134 e. The molecule has 0 bridgehead atoms. The highest BCUT2D eigenvalue weighted by Crippen LogP contribution is 2.29. The van der Waals surface area contributed by atoms with E-state index < -0.39 is 0 Å². The van der Waals surface area contributed by atoms with Crippen molar-refractivity contribution in [1.82, 2.24) is 9.97 Å². The quantitative estimate of drug-likeness (QED) is 0.846. The molecule has 2 fully saturated rings. The van der Waals surface area contributed by atoms with Crippen molar-refractivity contribution in [2.75, 3.05) is 23.4 Å². The van der Waals surface area contributed by atoms with Crippen LogP contribution in [0.1, 0.15) is 37.9 Å². The van der Waals surface area contributed by atoms with Crippen molar-refractivity contribution in [3.8, 4) is 0 Å². The summed E-state index contributed by atoms with van der Waals surface area (Å²) in [5, 5.41) is 12.6. The molecule has 3 rings (SSSR count). The van der Waals surface area contributed by atoms with Gasteiger partial charge in [0.1, 0.15) is 17.5 Å². The monoisotopic (exact) mass is 262 g/mol. The minimum absolute atomic E-state index is 0.248. The van der Waals surface area contributed by atoms with Gasteiger partial charge in [0.15, 0.2) is 0 Å². The number of nitrogens with one attached hydrogen (secondary N) is 1.